The molecule has 0 aromatic heterocycles. The van der Waals surface area contributed by atoms with Gasteiger partial charge in [0.05, 0.1) is 12.5 Å². The SMILES string of the molecule is CCOc1ccc(N2CC(C(=O)O)CC2=O)cc1. The maximum Gasteiger partial charge on any atom is 0.308 e. The van der Waals surface area contributed by atoms with E-state index in [-0.39, 0.29) is 18.9 Å². The summed E-state index contributed by atoms with van der Waals surface area (Å²) in [6.07, 6.45) is 0.0720. The zero-order valence-corrected chi connectivity index (χ0v) is 10.1. The van der Waals surface area contributed by atoms with Gasteiger partial charge < -0.3 is 14.7 Å². The summed E-state index contributed by atoms with van der Waals surface area (Å²) in [5, 5.41) is 8.91. The Morgan fingerprint density at radius 3 is 2.61 bits per heavy atom. The number of benzene rings is 1. The molecule has 1 aliphatic heterocycles. The van der Waals surface area contributed by atoms with E-state index in [9.17, 15) is 9.59 Å². The van der Waals surface area contributed by atoms with Gasteiger partial charge in [-0.2, -0.15) is 0 Å². The van der Waals surface area contributed by atoms with Gasteiger partial charge in [0.2, 0.25) is 5.91 Å². The van der Waals surface area contributed by atoms with Crippen molar-refractivity contribution in [2.75, 3.05) is 18.1 Å². The van der Waals surface area contributed by atoms with Crippen LogP contribution >= 0.6 is 0 Å². The molecule has 0 bridgehead atoms. The van der Waals surface area contributed by atoms with E-state index in [0.29, 0.717) is 12.3 Å². The van der Waals surface area contributed by atoms with Crippen molar-refractivity contribution in [1.82, 2.24) is 0 Å². The van der Waals surface area contributed by atoms with Crippen LogP contribution < -0.4 is 9.64 Å². The smallest absolute Gasteiger partial charge is 0.308 e. The second kappa shape index (κ2) is 5.08. The number of anilines is 1. The summed E-state index contributed by atoms with van der Waals surface area (Å²) in [4.78, 5) is 24.1. The molecule has 0 spiro atoms. The lowest BCUT2D eigenvalue weighted by Crippen LogP contribution is -2.25. The van der Waals surface area contributed by atoms with E-state index in [4.69, 9.17) is 9.84 Å². The molecule has 96 valence electrons. The molecule has 18 heavy (non-hydrogen) atoms. The van der Waals surface area contributed by atoms with E-state index in [1.807, 2.05) is 6.92 Å². The molecule has 1 fully saturated rings. The van der Waals surface area contributed by atoms with Crippen molar-refractivity contribution in [2.45, 2.75) is 13.3 Å². The molecule has 1 N–H and O–H groups in total. The summed E-state index contributed by atoms with van der Waals surface area (Å²) in [5.74, 6) is -0.935. The quantitative estimate of drug-likeness (QED) is 0.878. The lowest BCUT2D eigenvalue weighted by Gasteiger charge is -2.16. The Labute approximate surface area is 105 Å². The van der Waals surface area contributed by atoms with E-state index in [2.05, 4.69) is 0 Å². The summed E-state index contributed by atoms with van der Waals surface area (Å²) < 4.78 is 5.31. The number of hydrogen-bond acceptors (Lipinski definition) is 3. The molecule has 2 rings (SSSR count). The molecule has 1 saturated heterocycles. The van der Waals surface area contributed by atoms with Crippen LogP contribution in [0.25, 0.3) is 0 Å². The van der Waals surface area contributed by atoms with Gasteiger partial charge in [-0.05, 0) is 31.2 Å². The molecule has 0 aliphatic carbocycles. The highest BCUT2D eigenvalue weighted by atomic mass is 16.5. The first kappa shape index (κ1) is 12.4. The number of rotatable bonds is 4. The minimum Gasteiger partial charge on any atom is -0.494 e. The number of amides is 1. The van der Waals surface area contributed by atoms with E-state index in [1.54, 1.807) is 24.3 Å². The molecular weight excluding hydrogens is 234 g/mol. The summed E-state index contributed by atoms with van der Waals surface area (Å²) in [5.41, 5.74) is 0.715. The second-order valence-electron chi connectivity index (χ2n) is 4.17. The predicted molar refractivity (Wildman–Crippen MR) is 65.7 cm³/mol. The Kier molecular flexibility index (Phi) is 3.50. The molecule has 0 saturated carbocycles. The Balaban J connectivity index is 2.12. The average Bonchev–Trinajstić information content (AvgIpc) is 2.73. The van der Waals surface area contributed by atoms with Crippen LogP contribution in [-0.4, -0.2) is 30.1 Å². The molecule has 5 heteroatoms. The number of aliphatic carboxylic acids is 1. The van der Waals surface area contributed by atoms with E-state index >= 15 is 0 Å². The topological polar surface area (TPSA) is 66.8 Å². The molecule has 1 heterocycles. The maximum absolute atomic E-state index is 11.7. The second-order valence-corrected chi connectivity index (χ2v) is 4.17. The number of hydrogen-bond donors (Lipinski definition) is 1. The van der Waals surface area contributed by atoms with Crippen LogP contribution in [0.15, 0.2) is 24.3 Å². The lowest BCUT2D eigenvalue weighted by atomic mass is 10.1. The van der Waals surface area contributed by atoms with Crippen molar-refractivity contribution in [3.05, 3.63) is 24.3 Å². The number of carboxylic acid groups (broad SMARTS) is 1. The minimum atomic E-state index is -0.920. The summed E-state index contributed by atoms with van der Waals surface area (Å²) >= 11 is 0. The fraction of sp³-hybridized carbons (Fsp3) is 0.385. The normalized spacial score (nSPS) is 19.1. The Morgan fingerprint density at radius 2 is 2.11 bits per heavy atom. The summed E-state index contributed by atoms with van der Waals surface area (Å²) in [6, 6.07) is 7.10. The van der Waals surface area contributed by atoms with Gasteiger partial charge in [-0.3, -0.25) is 9.59 Å². The van der Waals surface area contributed by atoms with Gasteiger partial charge in [0.1, 0.15) is 5.75 Å². The first-order valence-corrected chi connectivity index (χ1v) is 5.88. The van der Waals surface area contributed by atoms with Crippen molar-refractivity contribution in [3.63, 3.8) is 0 Å². The van der Waals surface area contributed by atoms with Gasteiger partial charge in [0, 0.05) is 18.7 Å². The lowest BCUT2D eigenvalue weighted by molar-refractivity contribution is -0.141. The maximum atomic E-state index is 11.7. The van der Waals surface area contributed by atoms with Crippen molar-refractivity contribution in [2.24, 2.45) is 5.92 Å². The van der Waals surface area contributed by atoms with Crippen LogP contribution in [-0.2, 0) is 9.59 Å². The Morgan fingerprint density at radius 1 is 1.44 bits per heavy atom. The van der Waals surface area contributed by atoms with E-state index in [1.165, 1.54) is 4.90 Å². The number of ether oxygens (including phenoxy) is 1. The average molecular weight is 249 g/mol. The number of nitrogens with zero attached hydrogens (tertiary/aromatic N) is 1. The van der Waals surface area contributed by atoms with Crippen LogP contribution in [0.1, 0.15) is 13.3 Å². The number of carbonyl (C=O) groups excluding carboxylic acids is 1. The molecule has 1 aromatic carbocycles. The summed E-state index contributed by atoms with van der Waals surface area (Å²) in [7, 11) is 0. The molecular formula is C13H15NO4. The van der Waals surface area contributed by atoms with Crippen LogP contribution in [0.4, 0.5) is 5.69 Å². The third-order valence-electron chi connectivity index (χ3n) is 2.93. The first-order valence-electron chi connectivity index (χ1n) is 5.88. The molecule has 1 unspecified atom stereocenters. The van der Waals surface area contributed by atoms with Gasteiger partial charge in [0.15, 0.2) is 0 Å². The highest BCUT2D eigenvalue weighted by Gasteiger charge is 2.34. The van der Waals surface area contributed by atoms with Crippen LogP contribution in [0.2, 0.25) is 0 Å². The standard InChI is InChI=1S/C13H15NO4/c1-2-18-11-5-3-10(4-6-11)14-8-9(13(16)17)7-12(14)15/h3-6,9H,2,7-8H2,1H3,(H,16,17). The van der Waals surface area contributed by atoms with Crippen molar-refractivity contribution >= 4 is 17.6 Å². The fourth-order valence-corrected chi connectivity index (χ4v) is 2.01. The predicted octanol–water partition coefficient (Wildman–Crippen LogP) is 1.52. The van der Waals surface area contributed by atoms with Crippen molar-refractivity contribution in [1.29, 1.82) is 0 Å². The molecule has 1 amide bonds. The third kappa shape index (κ3) is 2.45. The van der Waals surface area contributed by atoms with Crippen LogP contribution in [0.3, 0.4) is 0 Å². The Bertz CT molecular complexity index is 455. The van der Waals surface area contributed by atoms with Gasteiger partial charge >= 0.3 is 5.97 Å². The fourth-order valence-electron chi connectivity index (χ4n) is 2.01. The van der Waals surface area contributed by atoms with Crippen LogP contribution in [0, 0.1) is 5.92 Å². The third-order valence-corrected chi connectivity index (χ3v) is 2.93. The summed E-state index contributed by atoms with van der Waals surface area (Å²) in [6.45, 7) is 2.72. The van der Waals surface area contributed by atoms with Gasteiger partial charge in [-0.25, -0.2) is 0 Å². The first-order chi connectivity index (χ1) is 8.61. The van der Waals surface area contributed by atoms with Crippen LogP contribution in [0.5, 0.6) is 5.75 Å². The Hall–Kier alpha value is -2.04. The number of carbonyl (C=O) groups is 2. The van der Waals surface area contributed by atoms with Gasteiger partial charge in [-0.1, -0.05) is 0 Å². The molecule has 5 nitrogen and oxygen atoms in total. The zero-order chi connectivity index (χ0) is 13.1. The highest BCUT2D eigenvalue weighted by Crippen LogP contribution is 2.26. The van der Waals surface area contributed by atoms with E-state index in [0.717, 1.165) is 5.75 Å². The zero-order valence-electron chi connectivity index (χ0n) is 10.1. The van der Waals surface area contributed by atoms with Crippen molar-refractivity contribution < 1.29 is 19.4 Å². The van der Waals surface area contributed by atoms with E-state index < -0.39 is 11.9 Å². The highest BCUT2D eigenvalue weighted by molar-refractivity contribution is 5.99. The van der Waals surface area contributed by atoms with Gasteiger partial charge in [0.25, 0.3) is 0 Å². The van der Waals surface area contributed by atoms with Gasteiger partial charge in [-0.15, -0.1) is 0 Å². The molecule has 0 radical (unpaired) electrons. The largest absolute Gasteiger partial charge is 0.494 e. The molecule has 1 aromatic rings. The monoisotopic (exact) mass is 249 g/mol. The molecule has 1 atom stereocenters. The minimum absolute atomic E-state index is 0.0720. The number of carboxylic acids is 1. The van der Waals surface area contributed by atoms with Crippen molar-refractivity contribution in [3.8, 4) is 5.75 Å². The molecule has 1 aliphatic rings.